The predicted molar refractivity (Wildman–Crippen MR) is 81.1 cm³/mol. The van der Waals surface area contributed by atoms with Crippen LogP contribution in [0.25, 0.3) is 0 Å². The average molecular weight is 296 g/mol. The Labute approximate surface area is 127 Å². The van der Waals surface area contributed by atoms with Crippen LogP contribution in [0.4, 0.5) is 4.79 Å². The Morgan fingerprint density at radius 2 is 1.86 bits per heavy atom. The van der Waals surface area contributed by atoms with Crippen LogP contribution in [0.5, 0.6) is 0 Å². The van der Waals surface area contributed by atoms with Crippen LogP contribution in [0.15, 0.2) is 0 Å². The number of carboxylic acids is 1. The van der Waals surface area contributed by atoms with Crippen molar-refractivity contribution in [2.45, 2.75) is 58.9 Å². The number of nitrogens with zero attached hydrogens (tertiary/aromatic N) is 2. The van der Waals surface area contributed by atoms with Crippen LogP contribution in [-0.2, 0) is 4.79 Å². The van der Waals surface area contributed by atoms with E-state index in [2.05, 4.69) is 20.8 Å². The van der Waals surface area contributed by atoms with Gasteiger partial charge < -0.3 is 14.9 Å². The third kappa shape index (κ3) is 3.89. The van der Waals surface area contributed by atoms with E-state index in [1.54, 1.807) is 0 Å². The van der Waals surface area contributed by atoms with E-state index in [1.807, 2.05) is 9.80 Å². The molecule has 0 spiro atoms. The molecule has 0 saturated carbocycles. The van der Waals surface area contributed by atoms with Crippen molar-refractivity contribution in [3.8, 4) is 0 Å². The highest BCUT2D eigenvalue weighted by atomic mass is 16.4. The number of hydrogen-bond donors (Lipinski definition) is 1. The fourth-order valence-electron chi connectivity index (χ4n) is 3.49. The van der Waals surface area contributed by atoms with Gasteiger partial charge in [-0.05, 0) is 37.0 Å². The molecule has 5 heteroatoms. The van der Waals surface area contributed by atoms with Gasteiger partial charge in [-0.2, -0.15) is 0 Å². The molecule has 2 aliphatic heterocycles. The third-order valence-corrected chi connectivity index (χ3v) is 4.97. The number of amides is 2. The van der Waals surface area contributed by atoms with E-state index < -0.39 is 5.97 Å². The summed E-state index contributed by atoms with van der Waals surface area (Å²) in [4.78, 5) is 27.4. The first-order valence-corrected chi connectivity index (χ1v) is 8.06. The summed E-state index contributed by atoms with van der Waals surface area (Å²) < 4.78 is 0. The first-order valence-electron chi connectivity index (χ1n) is 8.06. The summed E-state index contributed by atoms with van der Waals surface area (Å²) in [5, 5.41) is 9.03. The van der Waals surface area contributed by atoms with Crippen LogP contribution in [0, 0.1) is 11.3 Å². The fourth-order valence-corrected chi connectivity index (χ4v) is 3.49. The zero-order valence-corrected chi connectivity index (χ0v) is 13.5. The molecule has 1 N–H and O–H groups in total. The molecule has 0 aromatic rings. The Bertz CT molecular complexity index is 403. The first-order chi connectivity index (χ1) is 9.79. The zero-order chi connectivity index (χ0) is 15.6. The summed E-state index contributed by atoms with van der Waals surface area (Å²) in [6.45, 7) is 8.97. The van der Waals surface area contributed by atoms with Crippen LogP contribution < -0.4 is 0 Å². The monoisotopic (exact) mass is 296 g/mol. The van der Waals surface area contributed by atoms with Crippen molar-refractivity contribution in [1.29, 1.82) is 0 Å². The molecule has 2 fully saturated rings. The lowest BCUT2D eigenvalue weighted by molar-refractivity contribution is -0.138. The molecular weight excluding hydrogens is 268 g/mol. The molecule has 0 bridgehead atoms. The minimum Gasteiger partial charge on any atom is -0.481 e. The largest absolute Gasteiger partial charge is 0.481 e. The van der Waals surface area contributed by atoms with E-state index in [0.29, 0.717) is 12.5 Å². The molecule has 2 unspecified atom stereocenters. The number of hydrogen-bond acceptors (Lipinski definition) is 2. The number of carboxylic acid groups (broad SMARTS) is 1. The van der Waals surface area contributed by atoms with Crippen molar-refractivity contribution in [3.63, 3.8) is 0 Å². The van der Waals surface area contributed by atoms with Crippen LogP contribution >= 0.6 is 0 Å². The number of aliphatic carboxylic acids is 1. The van der Waals surface area contributed by atoms with Gasteiger partial charge in [0.15, 0.2) is 0 Å². The molecule has 2 rings (SSSR count). The molecule has 2 heterocycles. The lowest BCUT2D eigenvalue weighted by Crippen LogP contribution is -2.50. The maximum atomic E-state index is 12.7. The number of carbonyl (C=O) groups is 2. The predicted octanol–water partition coefficient (Wildman–Crippen LogP) is 2.80. The van der Waals surface area contributed by atoms with Crippen molar-refractivity contribution < 1.29 is 14.7 Å². The van der Waals surface area contributed by atoms with Gasteiger partial charge in [0.1, 0.15) is 0 Å². The summed E-state index contributed by atoms with van der Waals surface area (Å²) in [6, 6.07) is -0.0786. The van der Waals surface area contributed by atoms with Crippen molar-refractivity contribution in [2.75, 3.05) is 19.6 Å². The van der Waals surface area contributed by atoms with Crippen LogP contribution in [-0.4, -0.2) is 52.6 Å². The summed E-state index contributed by atoms with van der Waals surface area (Å²) in [6.07, 6.45) is 3.94. The molecule has 0 aromatic heterocycles. The molecule has 2 aliphatic rings. The highest BCUT2D eigenvalue weighted by Gasteiger charge is 2.37. The van der Waals surface area contributed by atoms with E-state index in [1.165, 1.54) is 0 Å². The Hall–Kier alpha value is -1.26. The molecule has 0 radical (unpaired) electrons. The van der Waals surface area contributed by atoms with Gasteiger partial charge in [-0.1, -0.05) is 20.8 Å². The first kappa shape index (κ1) is 16.1. The normalized spacial score (nSPS) is 27.0. The number of likely N-dealkylation sites (tertiary alicyclic amines) is 2. The standard InChI is InChI=1S/C16H28N2O3/c1-16(2,3)12-7-9-17(11-12)15(21)18-8-5-4-6-13(18)10-14(19)20/h12-13H,4-11H2,1-3H3,(H,19,20). The van der Waals surface area contributed by atoms with Gasteiger partial charge in [-0.25, -0.2) is 4.79 Å². The van der Waals surface area contributed by atoms with Crippen molar-refractivity contribution in [1.82, 2.24) is 9.80 Å². The molecule has 2 saturated heterocycles. The Balaban J connectivity index is 1.99. The highest BCUT2D eigenvalue weighted by molar-refractivity contribution is 5.76. The van der Waals surface area contributed by atoms with Gasteiger partial charge in [-0.3, -0.25) is 4.79 Å². The van der Waals surface area contributed by atoms with E-state index in [9.17, 15) is 9.59 Å². The summed E-state index contributed by atoms with van der Waals surface area (Å²) >= 11 is 0. The van der Waals surface area contributed by atoms with E-state index >= 15 is 0 Å². The Morgan fingerprint density at radius 3 is 2.43 bits per heavy atom. The SMILES string of the molecule is CC(C)(C)C1CCN(C(=O)N2CCCCC2CC(=O)O)C1. The van der Waals surface area contributed by atoms with E-state index in [0.717, 1.165) is 38.8 Å². The molecule has 2 atom stereocenters. The van der Waals surface area contributed by atoms with Crippen molar-refractivity contribution >= 4 is 12.0 Å². The minimum absolute atomic E-state index is 0.0488. The Kier molecular flexibility index (Phi) is 4.79. The Morgan fingerprint density at radius 1 is 1.14 bits per heavy atom. The molecule has 5 nitrogen and oxygen atoms in total. The summed E-state index contributed by atoms with van der Waals surface area (Å²) in [5.74, 6) is -0.280. The molecular formula is C16H28N2O3. The minimum atomic E-state index is -0.811. The highest BCUT2D eigenvalue weighted by Crippen LogP contribution is 2.34. The number of rotatable bonds is 2. The van der Waals surface area contributed by atoms with Crippen LogP contribution in [0.3, 0.4) is 0 Å². The lowest BCUT2D eigenvalue weighted by atomic mass is 9.80. The van der Waals surface area contributed by atoms with Gasteiger partial charge >= 0.3 is 12.0 Å². The number of piperidine rings is 1. The van der Waals surface area contributed by atoms with Gasteiger partial charge in [0.05, 0.1) is 6.42 Å². The summed E-state index contributed by atoms with van der Waals surface area (Å²) in [5.41, 5.74) is 0.220. The number of urea groups is 1. The van der Waals surface area contributed by atoms with Gasteiger partial charge in [0, 0.05) is 25.7 Å². The lowest BCUT2D eigenvalue weighted by Gasteiger charge is -2.37. The smallest absolute Gasteiger partial charge is 0.320 e. The van der Waals surface area contributed by atoms with Gasteiger partial charge in [0.25, 0.3) is 0 Å². The topological polar surface area (TPSA) is 60.9 Å². The van der Waals surface area contributed by atoms with Crippen LogP contribution in [0.2, 0.25) is 0 Å². The summed E-state index contributed by atoms with van der Waals surface area (Å²) in [7, 11) is 0. The van der Waals surface area contributed by atoms with E-state index in [4.69, 9.17) is 5.11 Å². The van der Waals surface area contributed by atoms with Crippen molar-refractivity contribution in [3.05, 3.63) is 0 Å². The third-order valence-electron chi connectivity index (χ3n) is 4.97. The number of carbonyl (C=O) groups excluding carboxylic acids is 1. The van der Waals surface area contributed by atoms with Crippen molar-refractivity contribution in [2.24, 2.45) is 11.3 Å². The second-order valence-corrected chi connectivity index (χ2v) is 7.52. The quantitative estimate of drug-likeness (QED) is 0.852. The maximum absolute atomic E-state index is 12.7. The molecule has 0 aliphatic carbocycles. The zero-order valence-electron chi connectivity index (χ0n) is 13.5. The average Bonchev–Trinajstić information content (AvgIpc) is 2.87. The molecule has 21 heavy (non-hydrogen) atoms. The second kappa shape index (κ2) is 6.24. The van der Waals surface area contributed by atoms with Gasteiger partial charge in [0.2, 0.25) is 0 Å². The maximum Gasteiger partial charge on any atom is 0.320 e. The fraction of sp³-hybridized carbons (Fsp3) is 0.875. The molecule has 0 aromatic carbocycles. The van der Waals surface area contributed by atoms with E-state index in [-0.39, 0.29) is 23.9 Å². The molecule has 120 valence electrons. The van der Waals surface area contributed by atoms with Gasteiger partial charge in [-0.15, -0.1) is 0 Å². The second-order valence-electron chi connectivity index (χ2n) is 7.52. The van der Waals surface area contributed by atoms with Crippen LogP contribution in [0.1, 0.15) is 52.9 Å². The molecule has 2 amide bonds.